The number of nitrogens with one attached hydrogen (secondary N) is 2. The molecule has 0 spiro atoms. The van der Waals surface area contributed by atoms with Gasteiger partial charge in [0.15, 0.2) is 0 Å². The van der Waals surface area contributed by atoms with Crippen LogP contribution in [0.2, 0.25) is 15.1 Å². The summed E-state index contributed by atoms with van der Waals surface area (Å²) in [7, 11) is 1.47. The van der Waals surface area contributed by atoms with Gasteiger partial charge in [-0.1, -0.05) is 34.8 Å². The van der Waals surface area contributed by atoms with Gasteiger partial charge in [0.05, 0.1) is 22.7 Å². The van der Waals surface area contributed by atoms with Gasteiger partial charge < -0.3 is 15.4 Å². The summed E-state index contributed by atoms with van der Waals surface area (Å²) < 4.78 is 5.13. The van der Waals surface area contributed by atoms with Crippen LogP contribution in [0.25, 0.3) is 0 Å². The molecule has 0 saturated heterocycles. The molecule has 0 aliphatic rings. The highest BCUT2D eigenvalue weighted by Crippen LogP contribution is 2.23. The minimum absolute atomic E-state index is 0.238. The lowest BCUT2D eigenvalue weighted by molar-refractivity contribution is 0.0926. The molecule has 0 radical (unpaired) electrons. The SMILES string of the molecule is COc1ccc(Cl)cc1C(=O)NCCNC(=O)c1ccc(Cl)c(Cl)c1. The molecule has 2 N–H and O–H groups in total. The van der Waals surface area contributed by atoms with Crippen LogP contribution in [0.15, 0.2) is 36.4 Å². The monoisotopic (exact) mass is 400 g/mol. The molecule has 0 bridgehead atoms. The first-order chi connectivity index (χ1) is 11.9. The van der Waals surface area contributed by atoms with E-state index in [4.69, 9.17) is 39.5 Å². The van der Waals surface area contributed by atoms with Crippen LogP contribution in [0.4, 0.5) is 0 Å². The van der Waals surface area contributed by atoms with Crippen molar-refractivity contribution in [1.82, 2.24) is 10.6 Å². The minimum atomic E-state index is -0.344. The van der Waals surface area contributed by atoms with Crippen LogP contribution in [0.3, 0.4) is 0 Å². The predicted molar refractivity (Wildman–Crippen MR) is 99.1 cm³/mol. The summed E-state index contributed by atoms with van der Waals surface area (Å²) in [5, 5.41) is 6.48. The normalized spacial score (nSPS) is 10.2. The van der Waals surface area contributed by atoms with Gasteiger partial charge in [-0.25, -0.2) is 0 Å². The molecule has 0 aromatic heterocycles. The predicted octanol–water partition coefficient (Wildman–Crippen LogP) is 3.82. The molecule has 132 valence electrons. The zero-order valence-corrected chi connectivity index (χ0v) is 15.5. The molecule has 2 aromatic rings. The van der Waals surface area contributed by atoms with Crippen molar-refractivity contribution in [1.29, 1.82) is 0 Å². The Hall–Kier alpha value is -1.95. The summed E-state index contributed by atoms with van der Waals surface area (Å²) in [5.74, 6) is -0.238. The van der Waals surface area contributed by atoms with E-state index in [9.17, 15) is 9.59 Å². The number of hydrogen-bond acceptors (Lipinski definition) is 3. The smallest absolute Gasteiger partial charge is 0.255 e. The largest absolute Gasteiger partial charge is 0.496 e. The average molecular weight is 402 g/mol. The highest BCUT2D eigenvalue weighted by Gasteiger charge is 2.13. The molecule has 5 nitrogen and oxygen atoms in total. The molecule has 0 saturated carbocycles. The average Bonchev–Trinajstić information content (AvgIpc) is 2.60. The quantitative estimate of drug-likeness (QED) is 0.723. The first kappa shape index (κ1) is 19.4. The third-order valence-corrected chi connectivity index (χ3v) is 4.26. The molecule has 0 aliphatic heterocycles. The van der Waals surface area contributed by atoms with Gasteiger partial charge in [-0.2, -0.15) is 0 Å². The Morgan fingerprint density at radius 1 is 0.920 bits per heavy atom. The van der Waals surface area contributed by atoms with E-state index in [1.165, 1.54) is 19.2 Å². The Labute approximate surface area is 160 Å². The molecule has 2 aromatic carbocycles. The van der Waals surface area contributed by atoms with E-state index in [1.54, 1.807) is 24.3 Å². The van der Waals surface area contributed by atoms with Crippen molar-refractivity contribution in [3.8, 4) is 5.75 Å². The molecule has 2 amide bonds. The number of hydrogen-bond donors (Lipinski definition) is 2. The molecule has 0 unspecified atom stereocenters. The number of carbonyl (C=O) groups is 2. The molecule has 25 heavy (non-hydrogen) atoms. The van der Waals surface area contributed by atoms with Gasteiger partial charge in [0.25, 0.3) is 11.8 Å². The minimum Gasteiger partial charge on any atom is -0.496 e. The topological polar surface area (TPSA) is 67.4 Å². The van der Waals surface area contributed by atoms with Crippen molar-refractivity contribution in [2.45, 2.75) is 0 Å². The van der Waals surface area contributed by atoms with Crippen molar-refractivity contribution in [3.63, 3.8) is 0 Å². The molecule has 8 heteroatoms. The zero-order chi connectivity index (χ0) is 18.4. The summed E-state index contributed by atoms with van der Waals surface area (Å²) in [5.41, 5.74) is 0.711. The maximum atomic E-state index is 12.2. The molecular formula is C17H15Cl3N2O3. The number of rotatable bonds is 6. The second kappa shape index (κ2) is 8.94. The van der Waals surface area contributed by atoms with Crippen LogP contribution in [-0.4, -0.2) is 32.0 Å². The van der Waals surface area contributed by atoms with Crippen LogP contribution in [0, 0.1) is 0 Å². The molecular weight excluding hydrogens is 387 g/mol. The lowest BCUT2D eigenvalue weighted by atomic mass is 10.2. The van der Waals surface area contributed by atoms with Crippen molar-refractivity contribution in [3.05, 3.63) is 62.6 Å². The number of benzene rings is 2. The Morgan fingerprint density at radius 3 is 2.24 bits per heavy atom. The Balaban J connectivity index is 1.86. The van der Waals surface area contributed by atoms with Gasteiger partial charge in [-0.05, 0) is 36.4 Å². The van der Waals surface area contributed by atoms with Gasteiger partial charge in [0, 0.05) is 23.7 Å². The van der Waals surface area contributed by atoms with Crippen molar-refractivity contribution < 1.29 is 14.3 Å². The summed E-state index contributed by atoms with van der Waals surface area (Å²) in [4.78, 5) is 24.2. The Kier molecular flexibility index (Phi) is 6.93. The summed E-state index contributed by atoms with van der Waals surface area (Å²) >= 11 is 17.6. The molecule has 0 heterocycles. The van der Waals surface area contributed by atoms with E-state index in [0.29, 0.717) is 31.9 Å². The maximum Gasteiger partial charge on any atom is 0.255 e. The number of carbonyl (C=O) groups excluding carboxylic acids is 2. The van der Waals surface area contributed by atoms with Crippen LogP contribution in [0.5, 0.6) is 5.75 Å². The third kappa shape index (κ3) is 5.26. The second-order valence-corrected chi connectivity index (χ2v) is 6.24. The summed E-state index contributed by atoms with van der Waals surface area (Å²) in [6, 6.07) is 9.36. The van der Waals surface area contributed by atoms with E-state index in [1.807, 2.05) is 0 Å². The van der Waals surface area contributed by atoms with Gasteiger partial charge >= 0.3 is 0 Å². The molecule has 0 fully saturated rings. The summed E-state index contributed by atoms with van der Waals surface area (Å²) in [6.45, 7) is 0.481. The van der Waals surface area contributed by atoms with E-state index in [-0.39, 0.29) is 24.9 Å². The van der Waals surface area contributed by atoms with E-state index in [2.05, 4.69) is 10.6 Å². The van der Waals surface area contributed by atoms with Crippen LogP contribution in [-0.2, 0) is 0 Å². The molecule has 0 aliphatic carbocycles. The van der Waals surface area contributed by atoms with E-state index < -0.39 is 0 Å². The maximum absolute atomic E-state index is 12.2. The van der Waals surface area contributed by atoms with Crippen molar-refractivity contribution in [2.75, 3.05) is 20.2 Å². The van der Waals surface area contributed by atoms with E-state index >= 15 is 0 Å². The van der Waals surface area contributed by atoms with E-state index in [0.717, 1.165) is 0 Å². The van der Waals surface area contributed by atoms with Crippen LogP contribution in [0.1, 0.15) is 20.7 Å². The number of halogens is 3. The number of methoxy groups -OCH3 is 1. The standard InChI is InChI=1S/C17H15Cl3N2O3/c1-25-15-5-3-11(18)9-12(15)17(24)22-7-6-21-16(23)10-2-4-13(19)14(20)8-10/h2-5,8-9H,6-7H2,1H3,(H,21,23)(H,22,24). The van der Waals surface area contributed by atoms with Crippen molar-refractivity contribution in [2.24, 2.45) is 0 Å². The van der Waals surface area contributed by atoms with Crippen LogP contribution >= 0.6 is 34.8 Å². The molecule has 2 rings (SSSR count). The van der Waals surface area contributed by atoms with Gasteiger partial charge in [0.2, 0.25) is 0 Å². The first-order valence-electron chi connectivity index (χ1n) is 7.27. The fourth-order valence-electron chi connectivity index (χ4n) is 2.04. The second-order valence-electron chi connectivity index (χ2n) is 4.99. The highest BCUT2D eigenvalue weighted by molar-refractivity contribution is 6.42. The number of amides is 2. The molecule has 0 atom stereocenters. The highest BCUT2D eigenvalue weighted by atomic mass is 35.5. The third-order valence-electron chi connectivity index (χ3n) is 3.28. The Bertz CT molecular complexity index is 797. The van der Waals surface area contributed by atoms with Gasteiger partial charge in [-0.3, -0.25) is 9.59 Å². The van der Waals surface area contributed by atoms with Gasteiger partial charge in [0.1, 0.15) is 5.75 Å². The van der Waals surface area contributed by atoms with Crippen molar-refractivity contribution >= 4 is 46.6 Å². The summed E-state index contributed by atoms with van der Waals surface area (Å²) in [6.07, 6.45) is 0. The lowest BCUT2D eigenvalue weighted by Crippen LogP contribution is -2.34. The fraction of sp³-hybridized carbons (Fsp3) is 0.176. The fourth-order valence-corrected chi connectivity index (χ4v) is 2.51. The first-order valence-corrected chi connectivity index (χ1v) is 8.40. The Morgan fingerprint density at radius 2 is 1.60 bits per heavy atom. The van der Waals surface area contributed by atoms with Gasteiger partial charge in [-0.15, -0.1) is 0 Å². The lowest BCUT2D eigenvalue weighted by Gasteiger charge is -2.10. The number of ether oxygens (including phenoxy) is 1. The van der Waals surface area contributed by atoms with Crippen LogP contribution < -0.4 is 15.4 Å². The zero-order valence-electron chi connectivity index (χ0n) is 13.2.